The summed E-state index contributed by atoms with van der Waals surface area (Å²) in [7, 11) is 0. The van der Waals surface area contributed by atoms with E-state index in [9.17, 15) is 0 Å². The summed E-state index contributed by atoms with van der Waals surface area (Å²) < 4.78 is 59.3. The van der Waals surface area contributed by atoms with Gasteiger partial charge in [-0.05, 0) is 169 Å². The number of benzene rings is 15. The lowest BCUT2D eigenvalue weighted by Gasteiger charge is -2.12. The van der Waals surface area contributed by atoms with Gasteiger partial charge in [0.25, 0.3) is 0 Å². The molecular weight excluding hydrogens is 1840 g/mol. The normalized spacial score (nSPS) is 12.1. The molecule has 0 saturated heterocycles. The van der Waals surface area contributed by atoms with Gasteiger partial charge in [0.1, 0.15) is 106 Å². The smallest absolute Gasteiger partial charge is 0.236 e. The Hall–Kier alpha value is -20.7. The monoisotopic (exact) mass is 1910 g/mol. The zero-order valence-electron chi connectivity index (χ0n) is 78.1. The summed E-state index contributed by atoms with van der Waals surface area (Å²) >= 11 is 0. The Morgan fingerprint density at radius 3 is 0.831 bits per heavy atom. The lowest BCUT2D eigenvalue weighted by Crippen LogP contribution is -2.03. The second kappa shape index (κ2) is 32.4. The van der Waals surface area contributed by atoms with Gasteiger partial charge in [-0.25, -0.2) is 34.9 Å². The van der Waals surface area contributed by atoms with Crippen LogP contribution in [-0.4, -0.2) is 63.1 Å². The minimum absolute atomic E-state index is 0.544. The van der Waals surface area contributed by atoms with Gasteiger partial charge in [-0.3, -0.25) is 28.2 Å². The molecule has 0 fully saturated rings. The first-order chi connectivity index (χ1) is 73.4. The SMILES string of the molecule is c1ccc(-c2ccc(-c3nc(-n4c5c6ccccc6oc5c5oc6ccccc6c54)nc4ccccc34)cc2)cc1.c1ccc(-c2ccc3ccc4ccc(-n5c6c7ccccc7oc6c6oc7ccccc7c65)nc4c3n2)cc1.c1ccc(-c2nc(-n3c4c5ccccc5oc4c4oc5ccccc5c43)nc3ccccc23)nc1.c1cnc2c(c1)ccc1ccc(-n3c4c5ccccc5oc4c4oc5ccccc5c43)nc12. The minimum atomic E-state index is 0.544. The van der Waals surface area contributed by atoms with E-state index in [1.54, 1.807) is 6.20 Å². The van der Waals surface area contributed by atoms with Gasteiger partial charge in [0.2, 0.25) is 11.9 Å². The molecule has 0 aliphatic rings. The van der Waals surface area contributed by atoms with Gasteiger partial charge in [0, 0.05) is 98.9 Å². The van der Waals surface area contributed by atoms with Crippen molar-refractivity contribution >= 4 is 242 Å². The quantitative estimate of drug-likeness (QED) is 0.128. The molecule has 0 saturated carbocycles. The highest BCUT2D eigenvalue weighted by molar-refractivity contribution is 6.25. The Bertz CT molecular complexity index is 11100. The largest absolute Gasteiger partial charge is 0.450 e. The maximum absolute atomic E-state index is 6.38. The lowest BCUT2D eigenvalue weighted by atomic mass is 10.0. The first-order valence-corrected chi connectivity index (χ1v) is 48.8. The molecule has 0 bridgehead atoms. The van der Waals surface area contributed by atoms with E-state index in [1.807, 2.05) is 243 Å². The van der Waals surface area contributed by atoms with Crippen molar-refractivity contribution in [2.24, 2.45) is 0 Å². The third-order valence-corrected chi connectivity index (χ3v) is 28.4. The van der Waals surface area contributed by atoms with Gasteiger partial charge in [-0.15, -0.1) is 0 Å². The van der Waals surface area contributed by atoms with Crippen molar-refractivity contribution in [1.82, 2.24) is 63.1 Å². The molecule has 148 heavy (non-hydrogen) atoms. The third-order valence-electron chi connectivity index (χ3n) is 28.4. The zero-order valence-corrected chi connectivity index (χ0v) is 78.1. The van der Waals surface area contributed by atoms with Crippen molar-refractivity contribution in [2.75, 3.05) is 0 Å². The molecule has 0 aliphatic heterocycles. The average molecular weight is 1910 g/mol. The fourth-order valence-corrected chi connectivity index (χ4v) is 21.8. The fraction of sp³-hybridized carbons (Fsp3) is 0. The molecule has 0 N–H and O–H groups in total. The highest BCUT2D eigenvalue weighted by atomic mass is 16.4. The van der Waals surface area contributed by atoms with E-state index in [4.69, 9.17) is 70.2 Å². The molecule has 34 rings (SSSR count). The van der Waals surface area contributed by atoms with Crippen LogP contribution in [0.25, 0.3) is 311 Å². The Morgan fingerprint density at radius 1 is 0.162 bits per heavy atom. The standard InChI is InChI=1S/C36H21N3O2.C34H19N3O2.C29H16N4O2.C28H15N3O2/c1-2-10-22(11-3-1)23-18-20-24(21-19-23)31-25-12-4-7-15-28(25)37-36(38-31)39-32-26-13-5-8-16-29(26)40-34(32)35-33(39)27-14-6-9-17-30(27)41-35;1-2-8-20(9-3-1)25-18-16-21-14-15-22-17-19-28(36-30(22)29(21)35-25)37-31-23-10-4-6-12-26(23)38-33(31)34-32(37)24-11-5-7-13-27(24)39-34;1-4-12-20-17(9-1)24(21-13-7-8-16-30-21)32-29(31-20)33-25-18-10-2-5-14-22(18)34-27(25)28-26(33)19-11-3-6-15-23(19)35-28;1-3-9-20-18(7-1)25-27(32-20)28-26(19-8-2-4-10-21(19)33-28)31(25)22-14-13-17-12-11-16-6-5-15-29-23(16)24(17)30-22/h1-21H;1-19H;1-16H;1-15H. The first-order valence-electron chi connectivity index (χ1n) is 48.8. The van der Waals surface area contributed by atoms with Crippen LogP contribution in [0, 0.1) is 0 Å². The molecule has 0 unspecified atom stereocenters. The molecule has 15 aromatic carbocycles. The summed E-state index contributed by atoms with van der Waals surface area (Å²) in [6, 6.07) is 141. The lowest BCUT2D eigenvalue weighted by molar-refractivity contribution is 0.634. The molecule has 34 aromatic rings. The average Bonchev–Trinajstić information content (AvgIpc) is 1.55. The van der Waals surface area contributed by atoms with Crippen LogP contribution >= 0.6 is 0 Å². The number of nitrogens with zero attached hydrogens (tertiary/aromatic N) is 13. The molecule has 692 valence electrons. The van der Waals surface area contributed by atoms with Gasteiger partial charge < -0.3 is 35.3 Å². The second-order valence-electron chi connectivity index (χ2n) is 36.8. The summed E-state index contributed by atoms with van der Waals surface area (Å²) in [6.45, 7) is 0. The van der Waals surface area contributed by atoms with E-state index < -0.39 is 0 Å². The van der Waals surface area contributed by atoms with E-state index in [1.165, 1.54) is 5.56 Å². The van der Waals surface area contributed by atoms with Crippen LogP contribution in [0.4, 0.5) is 0 Å². The number of para-hydroxylation sites is 10. The molecule has 19 aromatic heterocycles. The summed E-state index contributed by atoms with van der Waals surface area (Å²) in [5, 5.41) is 14.2. The van der Waals surface area contributed by atoms with E-state index in [2.05, 4.69) is 210 Å². The Kier molecular flexibility index (Phi) is 18.0. The summed E-state index contributed by atoms with van der Waals surface area (Å²) in [5.74, 6) is 2.71. The number of rotatable bonds is 8. The zero-order chi connectivity index (χ0) is 96.9. The van der Waals surface area contributed by atoms with Crippen LogP contribution in [0.15, 0.2) is 466 Å². The molecule has 0 spiro atoms. The van der Waals surface area contributed by atoms with E-state index in [-0.39, 0.29) is 0 Å². The van der Waals surface area contributed by atoms with Crippen LogP contribution in [0.3, 0.4) is 0 Å². The molecule has 21 heteroatoms. The van der Waals surface area contributed by atoms with Crippen LogP contribution in [0.2, 0.25) is 0 Å². The van der Waals surface area contributed by atoms with Crippen LogP contribution in [0.5, 0.6) is 0 Å². The summed E-state index contributed by atoms with van der Waals surface area (Å²) in [6.07, 6.45) is 3.60. The van der Waals surface area contributed by atoms with Gasteiger partial charge in [0.15, 0.2) is 44.7 Å². The van der Waals surface area contributed by atoms with Crippen LogP contribution in [0.1, 0.15) is 0 Å². The molecule has 0 aliphatic carbocycles. The van der Waals surface area contributed by atoms with Crippen LogP contribution < -0.4 is 0 Å². The predicted molar refractivity (Wildman–Crippen MR) is 588 cm³/mol. The number of pyridine rings is 5. The van der Waals surface area contributed by atoms with Crippen molar-refractivity contribution in [3.63, 3.8) is 0 Å². The molecule has 21 nitrogen and oxygen atoms in total. The molecule has 19 heterocycles. The topological polar surface area (TPSA) is 241 Å². The maximum atomic E-state index is 6.38. The number of fused-ring (bicyclic) bond motifs is 36. The Balaban J connectivity index is 0.0000000895. The van der Waals surface area contributed by atoms with Gasteiger partial charge in [0.05, 0.1) is 50.2 Å². The van der Waals surface area contributed by atoms with Gasteiger partial charge in [-0.1, -0.05) is 261 Å². The van der Waals surface area contributed by atoms with Crippen molar-refractivity contribution in [3.8, 4) is 68.6 Å². The Labute approximate surface area is 834 Å². The molecular formula is C127H71N13O8. The fourth-order valence-electron chi connectivity index (χ4n) is 21.8. The summed E-state index contributed by atoms with van der Waals surface area (Å²) in [5.41, 5.74) is 32.6. The number of hydrogen-bond acceptors (Lipinski definition) is 17. The van der Waals surface area contributed by atoms with E-state index in [0.29, 0.717) is 34.2 Å². The molecule has 0 atom stereocenters. The molecule has 0 radical (unpaired) electrons. The highest BCUT2D eigenvalue weighted by Crippen LogP contribution is 2.50. The number of aromatic nitrogens is 13. The van der Waals surface area contributed by atoms with Crippen molar-refractivity contribution in [3.05, 3.63) is 431 Å². The van der Waals surface area contributed by atoms with Crippen molar-refractivity contribution < 1.29 is 35.3 Å². The van der Waals surface area contributed by atoms with Crippen molar-refractivity contribution in [2.45, 2.75) is 0 Å². The third kappa shape index (κ3) is 12.6. The minimum Gasteiger partial charge on any atom is -0.450 e. The van der Waals surface area contributed by atoms with Gasteiger partial charge >= 0.3 is 0 Å². The number of furan rings is 8. The Morgan fingerprint density at radius 2 is 0.446 bits per heavy atom. The predicted octanol–water partition coefficient (Wildman–Crippen LogP) is 33.2. The first kappa shape index (κ1) is 82.1. The second-order valence-corrected chi connectivity index (χ2v) is 36.8. The van der Waals surface area contributed by atoms with Crippen molar-refractivity contribution in [1.29, 1.82) is 0 Å². The van der Waals surface area contributed by atoms with E-state index in [0.717, 1.165) is 271 Å². The van der Waals surface area contributed by atoms with Gasteiger partial charge in [-0.2, -0.15) is 0 Å². The molecule has 0 amide bonds. The number of hydrogen-bond donors (Lipinski definition) is 0. The highest BCUT2D eigenvalue weighted by Gasteiger charge is 2.33. The van der Waals surface area contributed by atoms with E-state index >= 15 is 0 Å². The maximum Gasteiger partial charge on any atom is 0.236 e. The summed E-state index contributed by atoms with van der Waals surface area (Å²) in [4.78, 5) is 45.2. The van der Waals surface area contributed by atoms with Crippen LogP contribution in [-0.2, 0) is 0 Å².